The summed E-state index contributed by atoms with van der Waals surface area (Å²) < 4.78 is 32.1. The van der Waals surface area contributed by atoms with Crippen LogP contribution in [0, 0.1) is 11.6 Å². The SMILES string of the molecule is C[C@@H](OC(=O)CSc1ccccc1F)C(=O)Nc1ccc(Cl)cc1F. The molecule has 25 heavy (non-hydrogen) atoms. The molecule has 0 aliphatic carbocycles. The zero-order chi connectivity index (χ0) is 18.4. The minimum atomic E-state index is -1.14. The molecule has 4 nitrogen and oxygen atoms in total. The molecule has 0 bridgehead atoms. The van der Waals surface area contributed by atoms with Gasteiger partial charge in [-0.15, -0.1) is 11.8 Å². The Kier molecular flexibility index (Phi) is 6.78. The summed E-state index contributed by atoms with van der Waals surface area (Å²) in [5.74, 6) is -2.68. The van der Waals surface area contributed by atoms with Gasteiger partial charge in [-0.25, -0.2) is 8.78 Å². The molecule has 1 N–H and O–H groups in total. The second kappa shape index (κ2) is 8.82. The summed E-state index contributed by atoms with van der Waals surface area (Å²) in [6.07, 6.45) is -1.14. The third-order valence-corrected chi connectivity index (χ3v) is 4.31. The van der Waals surface area contributed by atoms with E-state index in [1.54, 1.807) is 12.1 Å². The second-order valence-electron chi connectivity index (χ2n) is 4.96. The van der Waals surface area contributed by atoms with Crippen molar-refractivity contribution in [1.82, 2.24) is 0 Å². The first-order chi connectivity index (χ1) is 11.9. The number of halogens is 3. The smallest absolute Gasteiger partial charge is 0.317 e. The van der Waals surface area contributed by atoms with Crippen molar-refractivity contribution >= 4 is 40.9 Å². The zero-order valence-corrected chi connectivity index (χ0v) is 14.7. The van der Waals surface area contributed by atoms with Crippen LogP contribution >= 0.6 is 23.4 Å². The van der Waals surface area contributed by atoms with Gasteiger partial charge in [-0.05, 0) is 37.3 Å². The summed E-state index contributed by atoms with van der Waals surface area (Å²) in [7, 11) is 0. The van der Waals surface area contributed by atoms with Gasteiger partial charge in [0.05, 0.1) is 11.4 Å². The van der Waals surface area contributed by atoms with Gasteiger partial charge in [-0.1, -0.05) is 23.7 Å². The van der Waals surface area contributed by atoms with E-state index in [4.69, 9.17) is 16.3 Å². The summed E-state index contributed by atoms with van der Waals surface area (Å²) in [6.45, 7) is 1.36. The Bertz CT molecular complexity index is 788. The molecule has 2 rings (SSSR count). The molecule has 0 saturated heterocycles. The van der Waals surface area contributed by atoms with Crippen LogP contribution in [0.4, 0.5) is 14.5 Å². The Labute approximate surface area is 152 Å². The highest BCUT2D eigenvalue weighted by atomic mass is 35.5. The average molecular weight is 386 g/mol. The Morgan fingerprint density at radius 2 is 1.92 bits per heavy atom. The molecule has 0 aromatic heterocycles. The van der Waals surface area contributed by atoms with Gasteiger partial charge in [0.2, 0.25) is 0 Å². The van der Waals surface area contributed by atoms with E-state index >= 15 is 0 Å². The highest BCUT2D eigenvalue weighted by molar-refractivity contribution is 8.00. The van der Waals surface area contributed by atoms with Crippen molar-refractivity contribution in [3.05, 3.63) is 59.1 Å². The van der Waals surface area contributed by atoms with Gasteiger partial charge in [0.15, 0.2) is 6.10 Å². The van der Waals surface area contributed by atoms with E-state index in [-0.39, 0.29) is 16.5 Å². The Balaban J connectivity index is 1.85. The molecule has 1 amide bonds. The van der Waals surface area contributed by atoms with Crippen molar-refractivity contribution < 1.29 is 23.1 Å². The number of hydrogen-bond acceptors (Lipinski definition) is 4. The lowest BCUT2D eigenvalue weighted by Crippen LogP contribution is -2.30. The third kappa shape index (κ3) is 5.72. The van der Waals surface area contributed by atoms with E-state index in [0.717, 1.165) is 17.8 Å². The van der Waals surface area contributed by atoms with Crippen LogP contribution in [-0.2, 0) is 14.3 Å². The van der Waals surface area contributed by atoms with Crippen molar-refractivity contribution in [3.8, 4) is 0 Å². The molecule has 0 heterocycles. The number of carbonyl (C=O) groups is 2. The van der Waals surface area contributed by atoms with Gasteiger partial charge < -0.3 is 10.1 Å². The topological polar surface area (TPSA) is 55.4 Å². The van der Waals surface area contributed by atoms with E-state index < -0.39 is 29.6 Å². The first kappa shape index (κ1) is 19.2. The first-order valence-electron chi connectivity index (χ1n) is 7.19. The molecule has 0 aliphatic rings. The predicted molar refractivity (Wildman–Crippen MR) is 92.7 cm³/mol. The van der Waals surface area contributed by atoms with Crippen LogP contribution < -0.4 is 5.32 Å². The van der Waals surface area contributed by atoms with Gasteiger partial charge in [0.1, 0.15) is 11.6 Å². The molecule has 0 spiro atoms. The number of ether oxygens (including phenoxy) is 1. The molecule has 0 radical (unpaired) electrons. The third-order valence-electron chi connectivity index (χ3n) is 3.05. The van der Waals surface area contributed by atoms with Crippen LogP contribution in [0.5, 0.6) is 0 Å². The maximum absolute atomic E-state index is 13.6. The van der Waals surface area contributed by atoms with Crippen LogP contribution in [-0.4, -0.2) is 23.7 Å². The Hall–Kier alpha value is -2.12. The fraction of sp³-hybridized carbons (Fsp3) is 0.176. The Morgan fingerprint density at radius 3 is 2.60 bits per heavy atom. The minimum absolute atomic E-state index is 0.0713. The average Bonchev–Trinajstić information content (AvgIpc) is 2.56. The summed E-state index contributed by atoms with van der Waals surface area (Å²) in [5.41, 5.74) is -0.0713. The number of anilines is 1. The molecule has 0 fully saturated rings. The number of amides is 1. The molecular weight excluding hydrogens is 372 g/mol. The zero-order valence-electron chi connectivity index (χ0n) is 13.1. The fourth-order valence-electron chi connectivity index (χ4n) is 1.81. The second-order valence-corrected chi connectivity index (χ2v) is 6.42. The van der Waals surface area contributed by atoms with Crippen LogP contribution in [0.1, 0.15) is 6.92 Å². The van der Waals surface area contributed by atoms with Crippen LogP contribution in [0.25, 0.3) is 0 Å². The van der Waals surface area contributed by atoms with E-state index in [1.165, 1.54) is 31.2 Å². The number of hydrogen-bond donors (Lipinski definition) is 1. The monoisotopic (exact) mass is 385 g/mol. The Morgan fingerprint density at radius 1 is 1.20 bits per heavy atom. The lowest BCUT2D eigenvalue weighted by Gasteiger charge is -2.14. The van der Waals surface area contributed by atoms with Crippen molar-refractivity contribution in [2.75, 3.05) is 11.1 Å². The van der Waals surface area contributed by atoms with Gasteiger partial charge >= 0.3 is 5.97 Å². The summed E-state index contributed by atoms with van der Waals surface area (Å²) in [5, 5.41) is 2.50. The molecule has 2 aromatic carbocycles. The van der Waals surface area contributed by atoms with Crippen molar-refractivity contribution in [1.29, 1.82) is 0 Å². The lowest BCUT2D eigenvalue weighted by molar-refractivity contribution is -0.150. The first-order valence-corrected chi connectivity index (χ1v) is 8.56. The summed E-state index contributed by atoms with van der Waals surface area (Å²) >= 11 is 6.59. The number of esters is 1. The maximum Gasteiger partial charge on any atom is 0.317 e. The molecular formula is C17H14ClF2NO3S. The fourth-order valence-corrected chi connectivity index (χ4v) is 2.69. The number of rotatable bonds is 6. The number of benzene rings is 2. The highest BCUT2D eigenvalue weighted by Gasteiger charge is 2.19. The van der Waals surface area contributed by atoms with E-state index in [0.29, 0.717) is 4.90 Å². The van der Waals surface area contributed by atoms with E-state index in [1.807, 2.05) is 0 Å². The van der Waals surface area contributed by atoms with Crippen LogP contribution in [0.3, 0.4) is 0 Å². The van der Waals surface area contributed by atoms with Gasteiger partial charge in [-0.3, -0.25) is 9.59 Å². The van der Waals surface area contributed by atoms with Crippen LogP contribution in [0.15, 0.2) is 47.4 Å². The number of carbonyl (C=O) groups excluding carboxylic acids is 2. The molecule has 132 valence electrons. The molecule has 1 atom stereocenters. The normalized spacial score (nSPS) is 11.7. The molecule has 0 unspecified atom stereocenters. The van der Waals surface area contributed by atoms with Gasteiger partial charge in [-0.2, -0.15) is 0 Å². The van der Waals surface area contributed by atoms with Gasteiger partial charge in [0.25, 0.3) is 5.91 Å². The van der Waals surface area contributed by atoms with Crippen molar-refractivity contribution in [3.63, 3.8) is 0 Å². The quantitative estimate of drug-likeness (QED) is 0.595. The molecule has 2 aromatic rings. The largest absolute Gasteiger partial charge is 0.452 e. The standard InChI is InChI=1S/C17H14ClF2NO3S/c1-10(17(23)21-14-7-6-11(18)8-13(14)20)24-16(22)9-25-15-5-3-2-4-12(15)19/h2-8,10H,9H2,1H3,(H,21,23)/t10-/m1/s1. The lowest BCUT2D eigenvalue weighted by atomic mass is 10.3. The summed E-state index contributed by atoms with van der Waals surface area (Å²) in [4.78, 5) is 24.0. The molecule has 0 aliphatic heterocycles. The molecule has 0 saturated carbocycles. The van der Waals surface area contributed by atoms with Gasteiger partial charge in [0, 0.05) is 9.92 Å². The number of nitrogens with one attached hydrogen (secondary N) is 1. The number of thioether (sulfide) groups is 1. The summed E-state index contributed by atoms with van der Waals surface area (Å²) in [6, 6.07) is 9.78. The molecule has 8 heteroatoms. The maximum atomic E-state index is 13.6. The van der Waals surface area contributed by atoms with Crippen LogP contribution in [0.2, 0.25) is 5.02 Å². The minimum Gasteiger partial charge on any atom is -0.452 e. The predicted octanol–water partition coefficient (Wildman–Crippen LogP) is 4.28. The van der Waals surface area contributed by atoms with E-state index in [9.17, 15) is 18.4 Å². The van der Waals surface area contributed by atoms with Crippen molar-refractivity contribution in [2.45, 2.75) is 17.9 Å². The van der Waals surface area contributed by atoms with Crippen molar-refractivity contribution in [2.24, 2.45) is 0 Å². The van der Waals surface area contributed by atoms with E-state index in [2.05, 4.69) is 5.32 Å². The highest BCUT2D eigenvalue weighted by Crippen LogP contribution is 2.22.